The van der Waals surface area contributed by atoms with E-state index in [1.165, 1.54) is 7.11 Å². The number of benzene rings is 2. The monoisotopic (exact) mass is 269 g/mol. The molecule has 0 bridgehead atoms. The molecule has 0 aliphatic heterocycles. The quantitative estimate of drug-likeness (QED) is 0.872. The number of hydrogen-bond donors (Lipinski definition) is 1. The van der Waals surface area contributed by atoms with E-state index in [1.54, 1.807) is 0 Å². The third kappa shape index (κ3) is 2.45. The first-order valence-electron chi connectivity index (χ1n) is 6.50. The predicted octanol–water partition coefficient (Wildman–Crippen LogP) is 2.68. The van der Waals surface area contributed by atoms with Crippen molar-refractivity contribution in [1.29, 1.82) is 0 Å². The molecule has 2 aromatic rings. The SMILES string of the molecule is COC(=O)C(N)(c1ccc(C)cc1)c1ccc(C)cc1. The van der Waals surface area contributed by atoms with Gasteiger partial charge >= 0.3 is 5.97 Å². The molecule has 2 N–H and O–H groups in total. The number of hydrogen-bond acceptors (Lipinski definition) is 3. The van der Waals surface area contributed by atoms with Gasteiger partial charge in [-0.15, -0.1) is 0 Å². The molecule has 0 heterocycles. The molecule has 0 aromatic heterocycles. The Kier molecular flexibility index (Phi) is 3.91. The second-order valence-electron chi connectivity index (χ2n) is 5.03. The van der Waals surface area contributed by atoms with E-state index in [0.29, 0.717) is 0 Å². The minimum atomic E-state index is -1.28. The minimum Gasteiger partial charge on any atom is -0.467 e. The van der Waals surface area contributed by atoms with Crippen molar-refractivity contribution in [3.05, 3.63) is 70.8 Å². The van der Waals surface area contributed by atoms with E-state index in [-0.39, 0.29) is 0 Å². The molecule has 0 saturated heterocycles. The number of aryl methyl sites for hydroxylation is 2. The largest absolute Gasteiger partial charge is 0.467 e. The van der Waals surface area contributed by atoms with Gasteiger partial charge in [-0.25, -0.2) is 4.79 Å². The van der Waals surface area contributed by atoms with Gasteiger partial charge in [0.2, 0.25) is 0 Å². The van der Waals surface area contributed by atoms with Gasteiger partial charge in [0.1, 0.15) is 0 Å². The highest BCUT2D eigenvalue weighted by atomic mass is 16.5. The highest BCUT2D eigenvalue weighted by Gasteiger charge is 2.39. The van der Waals surface area contributed by atoms with E-state index < -0.39 is 11.5 Å². The third-order valence-electron chi connectivity index (χ3n) is 3.52. The van der Waals surface area contributed by atoms with Crippen LogP contribution in [0, 0.1) is 13.8 Å². The van der Waals surface area contributed by atoms with Crippen molar-refractivity contribution in [2.24, 2.45) is 5.73 Å². The Balaban J connectivity index is 2.58. The van der Waals surface area contributed by atoms with Crippen LogP contribution in [0.25, 0.3) is 0 Å². The lowest BCUT2D eigenvalue weighted by molar-refractivity contribution is -0.145. The Bertz CT molecular complexity index is 554. The van der Waals surface area contributed by atoms with E-state index in [9.17, 15) is 4.79 Å². The maximum atomic E-state index is 12.3. The van der Waals surface area contributed by atoms with E-state index >= 15 is 0 Å². The molecule has 0 radical (unpaired) electrons. The lowest BCUT2D eigenvalue weighted by Gasteiger charge is -2.28. The number of ether oxygens (including phenoxy) is 1. The van der Waals surface area contributed by atoms with E-state index in [2.05, 4.69) is 0 Å². The second-order valence-corrected chi connectivity index (χ2v) is 5.03. The lowest BCUT2D eigenvalue weighted by atomic mass is 9.83. The Morgan fingerprint density at radius 3 is 1.55 bits per heavy atom. The molecule has 0 unspecified atom stereocenters. The summed E-state index contributed by atoms with van der Waals surface area (Å²) in [6.45, 7) is 3.98. The van der Waals surface area contributed by atoms with Crippen molar-refractivity contribution < 1.29 is 9.53 Å². The van der Waals surface area contributed by atoms with Gasteiger partial charge in [-0.1, -0.05) is 59.7 Å². The minimum absolute atomic E-state index is 0.467. The molecule has 0 saturated carbocycles. The van der Waals surface area contributed by atoms with Crippen LogP contribution in [0.4, 0.5) is 0 Å². The summed E-state index contributed by atoms with van der Waals surface area (Å²) in [5.41, 5.74) is 8.81. The van der Waals surface area contributed by atoms with Crippen LogP contribution in [-0.2, 0) is 15.1 Å². The molecule has 20 heavy (non-hydrogen) atoms. The normalized spacial score (nSPS) is 11.2. The van der Waals surface area contributed by atoms with E-state index in [4.69, 9.17) is 10.5 Å². The molecule has 2 aromatic carbocycles. The number of carbonyl (C=O) groups is 1. The second kappa shape index (κ2) is 5.47. The van der Waals surface area contributed by atoms with Gasteiger partial charge in [-0.3, -0.25) is 0 Å². The van der Waals surface area contributed by atoms with Crippen LogP contribution in [0.3, 0.4) is 0 Å². The number of methoxy groups -OCH3 is 1. The summed E-state index contributed by atoms with van der Waals surface area (Å²) in [6.07, 6.45) is 0. The van der Waals surface area contributed by atoms with E-state index in [0.717, 1.165) is 22.3 Å². The first kappa shape index (κ1) is 14.3. The number of esters is 1. The summed E-state index contributed by atoms with van der Waals surface area (Å²) in [7, 11) is 1.35. The standard InChI is InChI=1S/C17H19NO2/c1-12-4-8-14(9-5-12)17(18,16(19)20-3)15-10-6-13(2)7-11-15/h4-11H,18H2,1-3H3. The molecule has 0 aliphatic carbocycles. The van der Waals surface area contributed by atoms with Gasteiger partial charge < -0.3 is 10.5 Å². The summed E-state index contributed by atoms with van der Waals surface area (Å²) in [4.78, 5) is 12.3. The molecule has 3 heteroatoms. The Hall–Kier alpha value is -2.13. The summed E-state index contributed by atoms with van der Waals surface area (Å²) in [5.74, 6) is -0.467. The average Bonchev–Trinajstić information content (AvgIpc) is 2.47. The van der Waals surface area contributed by atoms with Crippen molar-refractivity contribution in [2.45, 2.75) is 19.4 Å². The fourth-order valence-electron chi connectivity index (χ4n) is 2.20. The smallest absolute Gasteiger partial charge is 0.335 e. The van der Waals surface area contributed by atoms with Gasteiger partial charge in [0.25, 0.3) is 0 Å². The fourth-order valence-corrected chi connectivity index (χ4v) is 2.20. The molecular formula is C17H19NO2. The Labute approximate surface area is 119 Å². The predicted molar refractivity (Wildman–Crippen MR) is 79.3 cm³/mol. The van der Waals surface area contributed by atoms with Gasteiger partial charge in [-0.2, -0.15) is 0 Å². The average molecular weight is 269 g/mol. The van der Waals surface area contributed by atoms with Crippen LogP contribution in [0.5, 0.6) is 0 Å². The van der Waals surface area contributed by atoms with Crippen molar-refractivity contribution in [3.8, 4) is 0 Å². The molecule has 2 rings (SSSR count). The summed E-state index contributed by atoms with van der Waals surface area (Å²) >= 11 is 0. The maximum Gasteiger partial charge on any atom is 0.335 e. The van der Waals surface area contributed by atoms with Crippen molar-refractivity contribution in [1.82, 2.24) is 0 Å². The molecule has 0 amide bonds. The van der Waals surface area contributed by atoms with Gasteiger partial charge in [0.05, 0.1) is 7.11 Å². The van der Waals surface area contributed by atoms with Crippen LogP contribution in [-0.4, -0.2) is 13.1 Å². The van der Waals surface area contributed by atoms with Gasteiger partial charge in [0, 0.05) is 0 Å². The Morgan fingerprint density at radius 2 is 1.25 bits per heavy atom. The van der Waals surface area contributed by atoms with Gasteiger partial charge in [-0.05, 0) is 25.0 Å². The number of carbonyl (C=O) groups excluding carboxylic acids is 1. The van der Waals surface area contributed by atoms with Crippen LogP contribution >= 0.6 is 0 Å². The van der Waals surface area contributed by atoms with Crippen molar-refractivity contribution in [2.75, 3.05) is 7.11 Å². The first-order chi connectivity index (χ1) is 9.48. The molecule has 0 spiro atoms. The third-order valence-corrected chi connectivity index (χ3v) is 3.52. The zero-order chi connectivity index (χ0) is 14.8. The van der Waals surface area contributed by atoms with Crippen molar-refractivity contribution in [3.63, 3.8) is 0 Å². The highest BCUT2D eigenvalue weighted by Crippen LogP contribution is 2.29. The van der Waals surface area contributed by atoms with Crippen LogP contribution in [0.15, 0.2) is 48.5 Å². The lowest BCUT2D eigenvalue weighted by Crippen LogP contribution is -2.46. The topological polar surface area (TPSA) is 52.3 Å². The molecule has 0 atom stereocenters. The fraction of sp³-hybridized carbons (Fsp3) is 0.235. The van der Waals surface area contributed by atoms with Crippen LogP contribution < -0.4 is 5.73 Å². The first-order valence-corrected chi connectivity index (χ1v) is 6.50. The van der Waals surface area contributed by atoms with Gasteiger partial charge in [0.15, 0.2) is 5.54 Å². The van der Waals surface area contributed by atoms with Crippen LogP contribution in [0.2, 0.25) is 0 Å². The number of rotatable bonds is 3. The van der Waals surface area contributed by atoms with Crippen LogP contribution in [0.1, 0.15) is 22.3 Å². The summed E-state index contributed by atoms with van der Waals surface area (Å²) in [6, 6.07) is 15.2. The Morgan fingerprint density at radius 1 is 0.900 bits per heavy atom. The molecule has 0 aliphatic rings. The zero-order valence-corrected chi connectivity index (χ0v) is 12.0. The molecule has 0 fully saturated rings. The summed E-state index contributed by atoms with van der Waals surface area (Å²) in [5, 5.41) is 0. The number of nitrogens with two attached hydrogens (primary N) is 1. The summed E-state index contributed by atoms with van der Waals surface area (Å²) < 4.78 is 4.92. The molecule has 3 nitrogen and oxygen atoms in total. The maximum absolute atomic E-state index is 12.3. The highest BCUT2D eigenvalue weighted by molar-refractivity contribution is 5.86. The molecule has 104 valence electrons. The van der Waals surface area contributed by atoms with E-state index in [1.807, 2.05) is 62.4 Å². The zero-order valence-electron chi connectivity index (χ0n) is 12.0. The molecular weight excluding hydrogens is 250 g/mol. The van der Waals surface area contributed by atoms with Crippen molar-refractivity contribution >= 4 is 5.97 Å².